The number of aromatic nitrogens is 2. The lowest BCUT2D eigenvalue weighted by atomic mass is 10.1. The van der Waals surface area contributed by atoms with Gasteiger partial charge in [0, 0.05) is 31.0 Å². The van der Waals surface area contributed by atoms with Crippen molar-refractivity contribution in [3.63, 3.8) is 0 Å². The molecule has 2 aromatic rings. The van der Waals surface area contributed by atoms with E-state index in [0.717, 1.165) is 24.8 Å². The van der Waals surface area contributed by atoms with Gasteiger partial charge in [0.05, 0.1) is 23.6 Å². The number of carbonyl (C=O) groups excluding carboxylic acids is 2. The molecule has 26 heavy (non-hydrogen) atoms. The molecule has 0 spiro atoms. The summed E-state index contributed by atoms with van der Waals surface area (Å²) in [4.78, 5) is 35.3. The fourth-order valence-electron chi connectivity index (χ4n) is 3.17. The molecule has 2 atom stereocenters. The van der Waals surface area contributed by atoms with Crippen LogP contribution in [0.4, 0.5) is 0 Å². The number of rotatable bonds is 8. The molecule has 0 N–H and O–H groups in total. The van der Waals surface area contributed by atoms with E-state index in [9.17, 15) is 9.59 Å². The predicted octanol–water partition coefficient (Wildman–Crippen LogP) is 3.07. The number of hydrogen-bond donors (Lipinski definition) is 0. The second kappa shape index (κ2) is 8.25. The van der Waals surface area contributed by atoms with Crippen molar-refractivity contribution < 1.29 is 14.3 Å². The Labute approximate surface area is 153 Å². The fourth-order valence-corrected chi connectivity index (χ4v) is 3.17. The molecule has 1 amide bonds. The maximum Gasteiger partial charge on any atom is 0.309 e. The fraction of sp³-hybridized carbons (Fsp3) is 0.500. The normalized spacial score (nSPS) is 18.5. The number of esters is 1. The monoisotopic (exact) mass is 355 g/mol. The summed E-state index contributed by atoms with van der Waals surface area (Å²) in [6, 6.07) is 5.42. The predicted molar refractivity (Wildman–Crippen MR) is 98.6 cm³/mol. The zero-order chi connectivity index (χ0) is 18.5. The maximum absolute atomic E-state index is 13.0. The van der Waals surface area contributed by atoms with Gasteiger partial charge in [-0.05, 0) is 43.9 Å². The minimum atomic E-state index is -0.138. The van der Waals surface area contributed by atoms with Crippen molar-refractivity contribution in [1.29, 1.82) is 0 Å². The summed E-state index contributed by atoms with van der Waals surface area (Å²) in [6.07, 6.45) is 6.02. The smallest absolute Gasteiger partial charge is 0.309 e. The van der Waals surface area contributed by atoms with Crippen molar-refractivity contribution in [3.05, 3.63) is 36.2 Å². The van der Waals surface area contributed by atoms with E-state index >= 15 is 0 Å². The van der Waals surface area contributed by atoms with Crippen molar-refractivity contribution >= 4 is 22.9 Å². The van der Waals surface area contributed by atoms with Crippen LogP contribution in [0.25, 0.3) is 11.0 Å². The van der Waals surface area contributed by atoms with E-state index in [1.165, 1.54) is 0 Å². The van der Waals surface area contributed by atoms with Gasteiger partial charge in [0.2, 0.25) is 0 Å². The molecule has 1 aliphatic rings. The van der Waals surface area contributed by atoms with Gasteiger partial charge in [0.25, 0.3) is 5.91 Å². The van der Waals surface area contributed by atoms with E-state index in [-0.39, 0.29) is 23.7 Å². The third-order valence-electron chi connectivity index (χ3n) is 4.75. The molecule has 1 heterocycles. The number of amides is 1. The van der Waals surface area contributed by atoms with Crippen LogP contribution in [0.15, 0.2) is 30.6 Å². The van der Waals surface area contributed by atoms with Crippen molar-refractivity contribution in [2.45, 2.75) is 33.1 Å². The molecule has 0 radical (unpaired) electrons. The summed E-state index contributed by atoms with van der Waals surface area (Å²) in [5.74, 6) is -0.00803. The number of unbranched alkanes of at least 4 members (excludes halogenated alkanes) is 1. The highest BCUT2D eigenvalue weighted by Crippen LogP contribution is 2.40. The molecular formula is C20H25N3O3. The van der Waals surface area contributed by atoms with Gasteiger partial charge in [0.1, 0.15) is 0 Å². The van der Waals surface area contributed by atoms with Crippen LogP contribution in [0.5, 0.6) is 0 Å². The first kappa shape index (κ1) is 18.3. The van der Waals surface area contributed by atoms with E-state index in [1.54, 1.807) is 24.5 Å². The topological polar surface area (TPSA) is 72.4 Å². The Hall–Kier alpha value is -2.50. The first-order valence-electron chi connectivity index (χ1n) is 9.30. The third kappa shape index (κ3) is 4.18. The molecule has 0 bridgehead atoms. The molecule has 3 rings (SSSR count). The number of benzene rings is 1. The highest BCUT2D eigenvalue weighted by Gasteiger charge is 2.45. The van der Waals surface area contributed by atoms with Crippen molar-refractivity contribution in [1.82, 2.24) is 14.9 Å². The average molecular weight is 355 g/mol. The van der Waals surface area contributed by atoms with E-state index < -0.39 is 0 Å². The third-order valence-corrected chi connectivity index (χ3v) is 4.75. The van der Waals surface area contributed by atoms with E-state index in [4.69, 9.17) is 4.74 Å². The summed E-state index contributed by atoms with van der Waals surface area (Å²) < 4.78 is 5.09. The first-order valence-corrected chi connectivity index (χ1v) is 9.30. The molecule has 1 saturated carbocycles. The molecular weight excluding hydrogens is 330 g/mol. The number of carbonyl (C=O) groups is 2. The second-order valence-electron chi connectivity index (χ2n) is 6.72. The molecule has 6 heteroatoms. The van der Waals surface area contributed by atoms with Gasteiger partial charge in [-0.3, -0.25) is 19.6 Å². The van der Waals surface area contributed by atoms with Gasteiger partial charge in [-0.1, -0.05) is 13.3 Å². The van der Waals surface area contributed by atoms with Crippen LogP contribution in [0.3, 0.4) is 0 Å². The SMILES string of the molecule is CCCCN(C[C@@H]1C[C@@H]1C(=O)OCC)C(=O)c1ccc2nccnc2c1. The molecule has 0 aliphatic heterocycles. The van der Waals surface area contributed by atoms with Gasteiger partial charge < -0.3 is 9.64 Å². The Morgan fingerprint density at radius 2 is 1.96 bits per heavy atom. The zero-order valence-electron chi connectivity index (χ0n) is 15.4. The lowest BCUT2D eigenvalue weighted by Crippen LogP contribution is -2.34. The Morgan fingerprint density at radius 3 is 2.69 bits per heavy atom. The molecule has 1 aromatic heterocycles. The van der Waals surface area contributed by atoms with Gasteiger partial charge in [-0.2, -0.15) is 0 Å². The van der Waals surface area contributed by atoms with Crippen LogP contribution in [-0.2, 0) is 9.53 Å². The van der Waals surface area contributed by atoms with E-state index in [0.29, 0.717) is 30.8 Å². The minimum Gasteiger partial charge on any atom is -0.466 e. The summed E-state index contributed by atoms with van der Waals surface area (Å²) in [5, 5.41) is 0. The average Bonchev–Trinajstić information content (AvgIpc) is 3.43. The van der Waals surface area contributed by atoms with Gasteiger partial charge in [-0.25, -0.2) is 0 Å². The summed E-state index contributed by atoms with van der Waals surface area (Å²) in [7, 11) is 0. The standard InChI is InChI=1S/C20H25N3O3/c1-3-5-10-23(13-15-11-16(15)20(25)26-4-2)19(24)14-6-7-17-18(12-14)22-9-8-21-17/h6-9,12,15-16H,3-5,10-11,13H2,1-2H3/t15-,16-/m0/s1. The van der Waals surface area contributed by atoms with E-state index in [2.05, 4.69) is 16.9 Å². The summed E-state index contributed by atoms with van der Waals surface area (Å²) >= 11 is 0. The van der Waals surface area contributed by atoms with Crippen LogP contribution in [0, 0.1) is 11.8 Å². The Morgan fingerprint density at radius 1 is 1.19 bits per heavy atom. The van der Waals surface area contributed by atoms with Crippen LogP contribution in [0.2, 0.25) is 0 Å². The molecule has 1 aromatic carbocycles. The number of fused-ring (bicyclic) bond motifs is 1. The van der Waals surface area contributed by atoms with Crippen molar-refractivity contribution in [2.75, 3.05) is 19.7 Å². The van der Waals surface area contributed by atoms with Gasteiger partial charge >= 0.3 is 5.97 Å². The van der Waals surface area contributed by atoms with Crippen molar-refractivity contribution in [2.24, 2.45) is 11.8 Å². The first-order chi connectivity index (χ1) is 12.6. The maximum atomic E-state index is 13.0. The van der Waals surface area contributed by atoms with Gasteiger partial charge in [0.15, 0.2) is 0 Å². The van der Waals surface area contributed by atoms with Crippen LogP contribution >= 0.6 is 0 Å². The molecule has 6 nitrogen and oxygen atoms in total. The lowest BCUT2D eigenvalue weighted by molar-refractivity contribution is -0.145. The Balaban J connectivity index is 1.71. The Bertz CT molecular complexity index is 793. The van der Waals surface area contributed by atoms with Crippen molar-refractivity contribution in [3.8, 4) is 0 Å². The van der Waals surface area contributed by atoms with Crippen LogP contribution < -0.4 is 0 Å². The largest absolute Gasteiger partial charge is 0.466 e. The molecule has 138 valence electrons. The minimum absolute atomic E-state index is 0.0134. The lowest BCUT2D eigenvalue weighted by Gasteiger charge is -2.23. The highest BCUT2D eigenvalue weighted by atomic mass is 16.5. The van der Waals surface area contributed by atoms with Crippen LogP contribution in [0.1, 0.15) is 43.5 Å². The quantitative estimate of drug-likeness (QED) is 0.681. The number of ether oxygens (including phenoxy) is 1. The highest BCUT2D eigenvalue weighted by molar-refractivity contribution is 5.97. The number of nitrogens with zero attached hydrogens (tertiary/aromatic N) is 3. The summed E-state index contributed by atoms with van der Waals surface area (Å²) in [5.41, 5.74) is 2.10. The Kier molecular flexibility index (Phi) is 5.81. The molecule has 1 fully saturated rings. The summed E-state index contributed by atoms with van der Waals surface area (Å²) in [6.45, 7) is 5.61. The number of hydrogen-bond acceptors (Lipinski definition) is 5. The second-order valence-corrected chi connectivity index (χ2v) is 6.72. The molecule has 1 aliphatic carbocycles. The van der Waals surface area contributed by atoms with Gasteiger partial charge in [-0.15, -0.1) is 0 Å². The molecule has 0 saturated heterocycles. The zero-order valence-corrected chi connectivity index (χ0v) is 15.4. The van der Waals surface area contributed by atoms with Crippen LogP contribution in [-0.4, -0.2) is 46.4 Å². The van der Waals surface area contributed by atoms with E-state index in [1.807, 2.05) is 17.9 Å². The molecule has 0 unspecified atom stereocenters.